The number of aryl methyl sites for hydroxylation is 2. The van der Waals surface area contributed by atoms with E-state index in [1.54, 1.807) is 12.3 Å². The predicted molar refractivity (Wildman–Crippen MR) is 75.6 cm³/mol. The summed E-state index contributed by atoms with van der Waals surface area (Å²) in [6.45, 7) is 6.77. The minimum Gasteiger partial charge on any atom is -0.305 e. The number of hydrogen-bond acceptors (Lipinski definition) is 2. The minimum absolute atomic E-state index is 0.0689. The second-order valence-electron chi connectivity index (χ2n) is 4.76. The Labute approximate surface area is 113 Å². The van der Waals surface area contributed by atoms with E-state index >= 15 is 0 Å². The van der Waals surface area contributed by atoms with Crippen LogP contribution in [0.15, 0.2) is 36.5 Å². The first-order chi connectivity index (χ1) is 9.11. The van der Waals surface area contributed by atoms with Crippen molar-refractivity contribution in [1.82, 2.24) is 10.3 Å². The summed E-state index contributed by atoms with van der Waals surface area (Å²) in [6, 6.07) is 8.99. The van der Waals surface area contributed by atoms with Crippen molar-refractivity contribution >= 4 is 0 Å². The largest absolute Gasteiger partial charge is 0.305 e. The molecule has 0 fully saturated rings. The molecule has 1 atom stereocenters. The van der Waals surface area contributed by atoms with Gasteiger partial charge in [-0.25, -0.2) is 4.39 Å². The van der Waals surface area contributed by atoms with E-state index in [0.717, 1.165) is 28.9 Å². The second kappa shape index (κ2) is 5.93. The van der Waals surface area contributed by atoms with Gasteiger partial charge in [0, 0.05) is 6.20 Å². The molecule has 1 N–H and O–H groups in total. The fourth-order valence-corrected chi connectivity index (χ4v) is 2.31. The van der Waals surface area contributed by atoms with Gasteiger partial charge in [-0.1, -0.05) is 19.1 Å². The highest BCUT2D eigenvalue weighted by Crippen LogP contribution is 2.24. The molecule has 3 heteroatoms. The zero-order valence-electron chi connectivity index (χ0n) is 11.6. The van der Waals surface area contributed by atoms with Gasteiger partial charge in [0.05, 0.1) is 11.7 Å². The fourth-order valence-electron chi connectivity index (χ4n) is 2.31. The van der Waals surface area contributed by atoms with E-state index in [9.17, 15) is 4.39 Å². The van der Waals surface area contributed by atoms with Crippen LogP contribution in [0.3, 0.4) is 0 Å². The Morgan fingerprint density at radius 3 is 2.68 bits per heavy atom. The van der Waals surface area contributed by atoms with Crippen LogP contribution in [0.1, 0.15) is 35.3 Å². The van der Waals surface area contributed by atoms with Crippen LogP contribution < -0.4 is 5.32 Å². The highest BCUT2D eigenvalue weighted by Gasteiger charge is 2.17. The molecule has 1 heterocycles. The van der Waals surface area contributed by atoms with Crippen molar-refractivity contribution in [3.8, 4) is 0 Å². The van der Waals surface area contributed by atoms with Crippen molar-refractivity contribution in [1.29, 1.82) is 0 Å². The lowest BCUT2D eigenvalue weighted by Crippen LogP contribution is -2.24. The lowest BCUT2D eigenvalue weighted by Gasteiger charge is -2.20. The Morgan fingerprint density at radius 2 is 2.05 bits per heavy atom. The van der Waals surface area contributed by atoms with Crippen molar-refractivity contribution in [2.75, 3.05) is 6.54 Å². The molecule has 2 aromatic rings. The highest BCUT2D eigenvalue weighted by molar-refractivity contribution is 5.34. The van der Waals surface area contributed by atoms with Gasteiger partial charge in [-0.2, -0.15) is 0 Å². The van der Waals surface area contributed by atoms with Gasteiger partial charge < -0.3 is 5.32 Å². The molecule has 0 amide bonds. The number of halogens is 1. The predicted octanol–water partition coefficient (Wildman–Crippen LogP) is 3.54. The third kappa shape index (κ3) is 3.18. The summed E-state index contributed by atoms with van der Waals surface area (Å²) in [5.74, 6) is -0.202. The van der Waals surface area contributed by atoms with Gasteiger partial charge >= 0.3 is 0 Å². The number of pyridine rings is 1. The Kier molecular flexibility index (Phi) is 4.27. The number of hydrogen-bond donors (Lipinski definition) is 1. The van der Waals surface area contributed by atoms with Gasteiger partial charge in [-0.05, 0) is 55.3 Å². The van der Waals surface area contributed by atoms with E-state index in [1.807, 2.05) is 39.0 Å². The van der Waals surface area contributed by atoms with E-state index in [4.69, 9.17) is 0 Å². The molecule has 1 aromatic carbocycles. The molecule has 0 saturated carbocycles. The molecule has 2 rings (SSSR count). The van der Waals surface area contributed by atoms with Gasteiger partial charge in [0.1, 0.15) is 5.82 Å². The lowest BCUT2D eigenvalue weighted by atomic mass is 9.98. The lowest BCUT2D eigenvalue weighted by molar-refractivity contribution is 0.592. The summed E-state index contributed by atoms with van der Waals surface area (Å²) in [5, 5.41) is 3.38. The van der Waals surface area contributed by atoms with Gasteiger partial charge in [-0.15, -0.1) is 0 Å². The van der Waals surface area contributed by atoms with Crippen LogP contribution in [0, 0.1) is 19.7 Å². The van der Waals surface area contributed by atoms with Gasteiger partial charge in [0.15, 0.2) is 0 Å². The maximum atomic E-state index is 13.6. The van der Waals surface area contributed by atoms with Crippen molar-refractivity contribution in [2.24, 2.45) is 0 Å². The number of benzene rings is 1. The first-order valence-electron chi connectivity index (χ1n) is 6.53. The Balaban J connectivity index is 2.48. The molecule has 0 bridgehead atoms. The maximum absolute atomic E-state index is 13.6. The molecular formula is C16H19FN2. The zero-order chi connectivity index (χ0) is 13.8. The summed E-state index contributed by atoms with van der Waals surface area (Å²) in [6.07, 6.45) is 1.78. The van der Waals surface area contributed by atoms with Crippen LogP contribution in [0.25, 0.3) is 0 Å². The first kappa shape index (κ1) is 13.7. The Morgan fingerprint density at radius 1 is 1.26 bits per heavy atom. The van der Waals surface area contributed by atoms with Crippen LogP contribution in [0.2, 0.25) is 0 Å². The molecule has 1 unspecified atom stereocenters. The van der Waals surface area contributed by atoms with Crippen LogP contribution in [-0.2, 0) is 0 Å². The van der Waals surface area contributed by atoms with E-state index in [-0.39, 0.29) is 11.9 Å². The number of rotatable bonds is 4. The van der Waals surface area contributed by atoms with Crippen molar-refractivity contribution < 1.29 is 4.39 Å². The Hall–Kier alpha value is -1.74. The average molecular weight is 258 g/mol. The molecule has 1 aromatic heterocycles. The number of nitrogens with zero attached hydrogens (tertiary/aromatic N) is 1. The van der Waals surface area contributed by atoms with Crippen LogP contribution in [0.5, 0.6) is 0 Å². The van der Waals surface area contributed by atoms with E-state index in [0.29, 0.717) is 0 Å². The third-order valence-corrected chi connectivity index (χ3v) is 3.13. The van der Waals surface area contributed by atoms with Crippen LogP contribution in [-0.4, -0.2) is 11.5 Å². The molecule has 0 aliphatic rings. The maximum Gasteiger partial charge on any atom is 0.123 e. The van der Waals surface area contributed by atoms with Crippen molar-refractivity contribution in [2.45, 2.75) is 26.8 Å². The molecule has 2 nitrogen and oxygen atoms in total. The van der Waals surface area contributed by atoms with Crippen LogP contribution >= 0.6 is 0 Å². The summed E-state index contributed by atoms with van der Waals surface area (Å²) >= 11 is 0. The van der Waals surface area contributed by atoms with Crippen molar-refractivity contribution in [3.63, 3.8) is 0 Å². The SMILES string of the molecule is CCNC(c1cc(C)cc(F)c1)c1ncccc1C. The normalized spacial score (nSPS) is 12.4. The third-order valence-electron chi connectivity index (χ3n) is 3.13. The Bertz CT molecular complexity index is 546. The van der Waals surface area contributed by atoms with E-state index in [2.05, 4.69) is 10.3 Å². The topological polar surface area (TPSA) is 24.9 Å². The zero-order valence-corrected chi connectivity index (χ0v) is 11.6. The molecule has 19 heavy (non-hydrogen) atoms. The van der Waals surface area contributed by atoms with Gasteiger partial charge in [0.2, 0.25) is 0 Å². The van der Waals surface area contributed by atoms with Crippen molar-refractivity contribution in [3.05, 3.63) is 64.7 Å². The molecule has 0 aliphatic heterocycles. The summed E-state index contributed by atoms with van der Waals surface area (Å²) in [7, 11) is 0. The van der Waals surface area contributed by atoms with E-state index in [1.165, 1.54) is 6.07 Å². The standard InChI is InChI=1S/C16H19FN2/c1-4-18-16(15-12(3)6-5-7-19-15)13-8-11(2)9-14(17)10-13/h5-10,16,18H,4H2,1-3H3. The molecule has 100 valence electrons. The summed E-state index contributed by atoms with van der Waals surface area (Å²) < 4.78 is 13.6. The summed E-state index contributed by atoms with van der Waals surface area (Å²) in [5.41, 5.74) is 3.90. The first-order valence-corrected chi connectivity index (χ1v) is 6.53. The van der Waals surface area contributed by atoms with E-state index < -0.39 is 0 Å². The molecule has 0 aliphatic carbocycles. The monoisotopic (exact) mass is 258 g/mol. The van der Waals surface area contributed by atoms with Crippen LogP contribution in [0.4, 0.5) is 4.39 Å². The molecule has 0 saturated heterocycles. The molecule has 0 spiro atoms. The van der Waals surface area contributed by atoms with Gasteiger partial charge in [0.25, 0.3) is 0 Å². The average Bonchev–Trinajstić information content (AvgIpc) is 2.36. The highest BCUT2D eigenvalue weighted by atomic mass is 19.1. The smallest absolute Gasteiger partial charge is 0.123 e. The number of aromatic nitrogens is 1. The molecule has 0 radical (unpaired) electrons. The molecular weight excluding hydrogens is 239 g/mol. The summed E-state index contributed by atoms with van der Waals surface area (Å²) in [4.78, 5) is 4.45. The van der Waals surface area contributed by atoms with Gasteiger partial charge in [-0.3, -0.25) is 4.98 Å². The minimum atomic E-state index is -0.202. The number of nitrogens with one attached hydrogen (secondary N) is 1. The quantitative estimate of drug-likeness (QED) is 0.907. The fraction of sp³-hybridized carbons (Fsp3) is 0.312. The second-order valence-corrected chi connectivity index (χ2v) is 4.76.